The average Bonchev–Trinajstić information content (AvgIpc) is 2.96. The van der Waals surface area contributed by atoms with Gasteiger partial charge in [-0.1, -0.05) is 5.21 Å². The van der Waals surface area contributed by atoms with Gasteiger partial charge in [-0.3, -0.25) is 4.68 Å². The zero-order valence-corrected chi connectivity index (χ0v) is 11.2. The first-order valence-electron chi connectivity index (χ1n) is 5.52. The van der Waals surface area contributed by atoms with Gasteiger partial charge in [-0.05, 0) is 13.8 Å². The topological polar surface area (TPSA) is 144 Å². The summed E-state index contributed by atoms with van der Waals surface area (Å²) < 4.78 is 28.2. The molecule has 2 aromatic heterocycles. The Balaban J connectivity index is 2.25. The Hall–Kier alpha value is -2.01. The minimum atomic E-state index is -3.79. The SMILES string of the molecule is CCn1cc(S(=O)(=O)NC(C)c2nn[nH]n2)c(N)n1. The van der Waals surface area contributed by atoms with Crippen LogP contribution in [-0.4, -0.2) is 38.8 Å². The zero-order valence-electron chi connectivity index (χ0n) is 10.4. The molecule has 0 fully saturated rings. The average molecular weight is 286 g/mol. The fraction of sp³-hybridized carbons (Fsp3) is 0.500. The Labute approximate surface area is 109 Å². The largest absolute Gasteiger partial charge is 0.381 e. The molecule has 104 valence electrons. The van der Waals surface area contributed by atoms with E-state index in [1.54, 1.807) is 6.92 Å². The molecule has 0 bridgehead atoms. The van der Waals surface area contributed by atoms with Gasteiger partial charge in [0, 0.05) is 12.7 Å². The van der Waals surface area contributed by atoms with Crippen molar-refractivity contribution in [3.05, 3.63) is 12.0 Å². The number of nitrogens with zero attached hydrogens (tertiary/aromatic N) is 5. The molecule has 10 nitrogen and oxygen atoms in total. The number of aromatic nitrogens is 6. The van der Waals surface area contributed by atoms with Crippen LogP contribution in [0.25, 0.3) is 0 Å². The summed E-state index contributed by atoms with van der Waals surface area (Å²) in [5.74, 6) is 0.194. The smallest absolute Gasteiger partial charge is 0.246 e. The Kier molecular flexibility index (Phi) is 3.48. The molecule has 1 atom stereocenters. The van der Waals surface area contributed by atoms with Crippen molar-refractivity contribution in [1.29, 1.82) is 0 Å². The van der Waals surface area contributed by atoms with Crippen LogP contribution in [0.4, 0.5) is 5.82 Å². The number of H-pyrrole nitrogens is 1. The van der Waals surface area contributed by atoms with Crippen LogP contribution in [-0.2, 0) is 16.6 Å². The van der Waals surface area contributed by atoms with E-state index in [0.717, 1.165) is 0 Å². The van der Waals surface area contributed by atoms with Crippen molar-refractivity contribution in [3.63, 3.8) is 0 Å². The first-order chi connectivity index (χ1) is 8.94. The highest BCUT2D eigenvalue weighted by Crippen LogP contribution is 2.18. The summed E-state index contributed by atoms with van der Waals surface area (Å²) in [4.78, 5) is -0.0651. The van der Waals surface area contributed by atoms with Crippen LogP contribution in [0.15, 0.2) is 11.1 Å². The van der Waals surface area contributed by atoms with Crippen LogP contribution in [0.3, 0.4) is 0 Å². The van der Waals surface area contributed by atoms with Crippen molar-refractivity contribution >= 4 is 15.8 Å². The number of tetrazole rings is 1. The van der Waals surface area contributed by atoms with E-state index >= 15 is 0 Å². The molecule has 0 aromatic carbocycles. The van der Waals surface area contributed by atoms with Crippen LogP contribution >= 0.6 is 0 Å². The minimum Gasteiger partial charge on any atom is -0.381 e. The first-order valence-corrected chi connectivity index (χ1v) is 7.01. The standard InChI is InChI=1S/C8H14N8O2S/c1-3-16-4-6(7(9)12-16)19(17,18)13-5(2)8-10-14-15-11-8/h4-5,13H,3H2,1-2H3,(H2,9,12)(H,10,11,14,15). The molecule has 0 amide bonds. The maximum Gasteiger partial charge on any atom is 0.246 e. The molecule has 2 aromatic rings. The van der Waals surface area contributed by atoms with E-state index in [1.165, 1.54) is 10.9 Å². The Morgan fingerprint density at radius 2 is 2.32 bits per heavy atom. The van der Waals surface area contributed by atoms with E-state index in [2.05, 4.69) is 30.4 Å². The maximum absolute atomic E-state index is 12.2. The molecule has 0 radical (unpaired) electrons. The molecule has 19 heavy (non-hydrogen) atoms. The summed E-state index contributed by atoms with van der Waals surface area (Å²) >= 11 is 0. The summed E-state index contributed by atoms with van der Waals surface area (Å²) in [7, 11) is -3.79. The summed E-state index contributed by atoms with van der Waals surface area (Å²) in [5.41, 5.74) is 5.60. The van der Waals surface area contributed by atoms with Gasteiger partial charge in [-0.2, -0.15) is 10.3 Å². The van der Waals surface area contributed by atoms with Crippen LogP contribution < -0.4 is 10.5 Å². The number of nitrogens with two attached hydrogens (primary N) is 1. The third kappa shape index (κ3) is 2.71. The number of hydrogen-bond acceptors (Lipinski definition) is 7. The van der Waals surface area contributed by atoms with Gasteiger partial charge in [-0.25, -0.2) is 13.1 Å². The van der Waals surface area contributed by atoms with Crippen molar-refractivity contribution < 1.29 is 8.42 Å². The fourth-order valence-corrected chi connectivity index (χ4v) is 2.76. The van der Waals surface area contributed by atoms with Gasteiger partial charge in [0.1, 0.15) is 4.90 Å². The number of sulfonamides is 1. The number of anilines is 1. The fourth-order valence-electron chi connectivity index (χ4n) is 1.49. The molecular weight excluding hydrogens is 272 g/mol. The monoisotopic (exact) mass is 286 g/mol. The molecule has 0 saturated heterocycles. The second-order valence-electron chi connectivity index (χ2n) is 3.85. The van der Waals surface area contributed by atoms with Gasteiger partial charge in [0.2, 0.25) is 10.0 Å². The Morgan fingerprint density at radius 3 is 2.84 bits per heavy atom. The van der Waals surface area contributed by atoms with Crippen LogP contribution in [0.1, 0.15) is 25.7 Å². The summed E-state index contributed by atoms with van der Waals surface area (Å²) in [5, 5.41) is 16.9. The lowest BCUT2D eigenvalue weighted by atomic mass is 10.4. The van der Waals surface area contributed by atoms with Crippen molar-refractivity contribution in [1.82, 2.24) is 35.1 Å². The van der Waals surface area contributed by atoms with E-state index in [4.69, 9.17) is 5.73 Å². The molecule has 2 heterocycles. The highest BCUT2D eigenvalue weighted by molar-refractivity contribution is 7.89. The van der Waals surface area contributed by atoms with Gasteiger partial charge in [-0.15, -0.1) is 10.2 Å². The van der Waals surface area contributed by atoms with Gasteiger partial charge >= 0.3 is 0 Å². The predicted molar refractivity (Wildman–Crippen MR) is 65.2 cm³/mol. The zero-order chi connectivity index (χ0) is 14.0. The van der Waals surface area contributed by atoms with Gasteiger partial charge < -0.3 is 5.73 Å². The Morgan fingerprint density at radius 1 is 1.58 bits per heavy atom. The van der Waals surface area contributed by atoms with E-state index in [1.807, 2.05) is 6.92 Å². The molecule has 0 aliphatic heterocycles. The highest BCUT2D eigenvalue weighted by Gasteiger charge is 2.25. The minimum absolute atomic E-state index is 0.0466. The second-order valence-corrected chi connectivity index (χ2v) is 5.53. The van der Waals surface area contributed by atoms with Crippen LogP contribution in [0.5, 0.6) is 0 Å². The van der Waals surface area contributed by atoms with Crippen LogP contribution in [0.2, 0.25) is 0 Å². The molecule has 0 aliphatic rings. The number of hydrogen-bond donors (Lipinski definition) is 3. The van der Waals surface area contributed by atoms with E-state index in [9.17, 15) is 8.42 Å². The second kappa shape index (κ2) is 4.93. The molecular formula is C8H14N8O2S. The van der Waals surface area contributed by atoms with Gasteiger partial charge in [0.25, 0.3) is 0 Å². The van der Waals surface area contributed by atoms with Gasteiger partial charge in [0.15, 0.2) is 11.6 Å². The molecule has 0 spiro atoms. The van der Waals surface area contributed by atoms with E-state index < -0.39 is 16.1 Å². The maximum atomic E-state index is 12.2. The molecule has 0 aliphatic carbocycles. The Bertz CT molecular complexity index is 646. The number of rotatable bonds is 5. The number of nitrogens with one attached hydrogen (secondary N) is 2. The van der Waals surface area contributed by atoms with Gasteiger partial charge in [0.05, 0.1) is 6.04 Å². The summed E-state index contributed by atoms with van der Waals surface area (Å²) in [6.07, 6.45) is 1.38. The molecule has 2 rings (SSSR count). The highest BCUT2D eigenvalue weighted by atomic mass is 32.2. The van der Waals surface area contributed by atoms with Crippen molar-refractivity contribution in [2.45, 2.75) is 31.3 Å². The van der Waals surface area contributed by atoms with Crippen molar-refractivity contribution in [3.8, 4) is 0 Å². The molecule has 4 N–H and O–H groups in total. The summed E-state index contributed by atoms with van der Waals surface area (Å²) in [6, 6.07) is -0.631. The third-order valence-corrected chi connectivity index (χ3v) is 4.01. The van der Waals surface area contributed by atoms with Crippen molar-refractivity contribution in [2.24, 2.45) is 0 Å². The predicted octanol–water partition coefficient (Wildman–Crippen LogP) is -0.962. The molecule has 11 heteroatoms. The van der Waals surface area contributed by atoms with Crippen molar-refractivity contribution in [2.75, 3.05) is 5.73 Å². The number of aryl methyl sites for hydroxylation is 1. The third-order valence-electron chi connectivity index (χ3n) is 2.45. The number of nitrogen functional groups attached to an aromatic ring is 1. The quantitative estimate of drug-likeness (QED) is 0.641. The van der Waals surface area contributed by atoms with E-state index in [0.29, 0.717) is 6.54 Å². The lowest BCUT2D eigenvalue weighted by Crippen LogP contribution is -2.28. The molecule has 1 unspecified atom stereocenters. The number of aromatic amines is 1. The van der Waals surface area contributed by atoms with E-state index in [-0.39, 0.29) is 16.5 Å². The normalized spacial score (nSPS) is 13.6. The summed E-state index contributed by atoms with van der Waals surface area (Å²) in [6.45, 7) is 3.96. The van der Waals surface area contributed by atoms with Crippen LogP contribution in [0, 0.1) is 0 Å². The lowest BCUT2D eigenvalue weighted by molar-refractivity contribution is 0.560. The first kappa shape index (κ1) is 13.4. The molecule has 0 saturated carbocycles. The lowest BCUT2D eigenvalue weighted by Gasteiger charge is -2.09.